The van der Waals surface area contributed by atoms with Crippen LogP contribution < -0.4 is 0 Å². The van der Waals surface area contributed by atoms with Gasteiger partial charge in [0.05, 0.1) is 4.90 Å². The van der Waals surface area contributed by atoms with Gasteiger partial charge in [-0.3, -0.25) is 4.79 Å². The zero-order chi connectivity index (χ0) is 15.4. The van der Waals surface area contributed by atoms with E-state index in [4.69, 9.17) is 0 Å². The first-order chi connectivity index (χ1) is 9.82. The summed E-state index contributed by atoms with van der Waals surface area (Å²) in [6, 6.07) is 1.15. The van der Waals surface area contributed by atoms with Gasteiger partial charge in [0.2, 0.25) is 15.9 Å². The van der Waals surface area contributed by atoms with Crippen LogP contribution in [0.5, 0.6) is 0 Å². The fraction of sp³-hybridized carbons (Fsp3) is 0.643. The van der Waals surface area contributed by atoms with Crippen molar-refractivity contribution in [3.8, 4) is 0 Å². The molecule has 3 heterocycles. The number of rotatable bonds is 2. The van der Waals surface area contributed by atoms with Gasteiger partial charge in [0, 0.05) is 28.9 Å². The van der Waals surface area contributed by atoms with Crippen molar-refractivity contribution in [3.05, 3.63) is 15.8 Å². The Morgan fingerprint density at radius 2 is 2.05 bits per heavy atom. The first-order valence-corrected chi connectivity index (χ1v) is 9.47. The highest BCUT2D eigenvalue weighted by Gasteiger charge is 2.45. The van der Waals surface area contributed by atoms with Crippen molar-refractivity contribution in [2.75, 3.05) is 13.1 Å². The predicted octanol–water partition coefficient (Wildman–Crippen LogP) is 1.75. The minimum atomic E-state index is -3.60. The molecule has 5 nitrogen and oxygen atoms in total. The number of hydrogen-bond donors (Lipinski definition) is 0. The van der Waals surface area contributed by atoms with Crippen LogP contribution in [0.1, 0.15) is 29.5 Å². The number of fused-ring (bicyclic) bond motifs is 1. The van der Waals surface area contributed by atoms with Gasteiger partial charge >= 0.3 is 0 Å². The van der Waals surface area contributed by atoms with Crippen molar-refractivity contribution in [2.24, 2.45) is 0 Å². The Hall–Kier alpha value is -0.920. The van der Waals surface area contributed by atoms with Crippen molar-refractivity contribution in [3.63, 3.8) is 0 Å². The first-order valence-electron chi connectivity index (χ1n) is 7.21. The Kier molecular flexibility index (Phi) is 3.62. The second-order valence-electron chi connectivity index (χ2n) is 5.86. The van der Waals surface area contributed by atoms with Crippen LogP contribution in [0.15, 0.2) is 11.0 Å². The van der Waals surface area contributed by atoms with Crippen LogP contribution in [0, 0.1) is 13.8 Å². The van der Waals surface area contributed by atoms with Crippen LogP contribution in [-0.2, 0) is 14.8 Å². The predicted molar refractivity (Wildman–Crippen MR) is 81.9 cm³/mol. The van der Waals surface area contributed by atoms with E-state index in [1.54, 1.807) is 13.0 Å². The molecule has 0 N–H and O–H groups in total. The fourth-order valence-corrected chi connectivity index (χ4v) is 6.49. The molecule has 2 saturated heterocycles. The summed E-state index contributed by atoms with van der Waals surface area (Å²) in [7, 11) is -3.60. The summed E-state index contributed by atoms with van der Waals surface area (Å²) in [5, 5.41) is 0. The average molecular weight is 328 g/mol. The topological polar surface area (TPSA) is 57.7 Å². The number of piperazine rings is 1. The highest BCUT2D eigenvalue weighted by molar-refractivity contribution is 7.89. The van der Waals surface area contributed by atoms with E-state index in [1.807, 2.05) is 18.7 Å². The lowest BCUT2D eigenvalue weighted by molar-refractivity contribution is -0.139. The van der Waals surface area contributed by atoms with Gasteiger partial charge in [-0.2, -0.15) is 4.31 Å². The third kappa shape index (κ3) is 2.31. The van der Waals surface area contributed by atoms with Gasteiger partial charge in [0.1, 0.15) is 6.04 Å². The van der Waals surface area contributed by atoms with Crippen LogP contribution >= 0.6 is 11.3 Å². The number of amides is 1. The highest BCUT2D eigenvalue weighted by atomic mass is 32.2. The van der Waals surface area contributed by atoms with Crippen LogP contribution in [0.3, 0.4) is 0 Å². The second kappa shape index (κ2) is 5.07. The highest BCUT2D eigenvalue weighted by Crippen LogP contribution is 2.33. The van der Waals surface area contributed by atoms with Gasteiger partial charge in [0.15, 0.2) is 0 Å². The maximum Gasteiger partial charge on any atom is 0.244 e. The third-order valence-corrected chi connectivity index (χ3v) is 7.58. The van der Waals surface area contributed by atoms with Gasteiger partial charge in [-0.15, -0.1) is 11.3 Å². The Morgan fingerprint density at radius 3 is 2.67 bits per heavy atom. The lowest BCUT2D eigenvalue weighted by Gasteiger charge is -2.40. The van der Waals surface area contributed by atoms with Crippen molar-refractivity contribution in [1.29, 1.82) is 0 Å². The zero-order valence-electron chi connectivity index (χ0n) is 12.5. The molecular formula is C14H20N2O3S2. The number of carbonyl (C=O) groups excluding carboxylic acids is 1. The van der Waals surface area contributed by atoms with E-state index >= 15 is 0 Å². The quantitative estimate of drug-likeness (QED) is 0.831. The molecule has 2 aliphatic heterocycles. The molecule has 2 atom stereocenters. The van der Waals surface area contributed by atoms with E-state index in [0.717, 1.165) is 29.1 Å². The lowest BCUT2D eigenvalue weighted by Crippen LogP contribution is -2.59. The Labute approximate surface area is 129 Å². The van der Waals surface area contributed by atoms with Gasteiger partial charge in [-0.05, 0) is 39.7 Å². The van der Waals surface area contributed by atoms with Gasteiger partial charge in [-0.1, -0.05) is 0 Å². The van der Waals surface area contributed by atoms with Crippen molar-refractivity contribution in [2.45, 2.75) is 50.6 Å². The zero-order valence-corrected chi connectivity index (χ0v) is 14.1. The molecule has 1 amide bonds. The fourth-order valence-electron chi connectivity index (χ4n) is 3.34. The molecule has 116 valence electrons. The van der Waals surface area contributed by atoms with Gasteiger partial charge in [-0.25, -0.2) is 8.42 Å². The van der Waals surface area contributed by atoms with Crippen LogP contribution in [0.2, 0.25) is 0 Å². The van der Waals surface area contributed by atoms with Crippen LogP contribution in [0.25, 0.3) is 0 Å². The van der Waals surface area contributed by atoms with Crippen molar-refractivity contribution >= 4 is 27.3 Å². The van der Waals surface area contributed by atoms with E-state index < -0.39 is 16.1 Å². The molecule has 0 radical (unpaired) electrons. The third-order valence-electron chi connectivity index (χ3n) is 4.42. The van der Waals surface area contributed by atoms with E-state index in [-0.39, 0.29) is 11.9 Å². The van der Waals surface area contributed by atoms with Crippen molar-refractivity contribution < 1.29 is 13.2 Å². The molecule has 7 heteroatoms. The molecular weight excluding hydrogens is 308 g/mol. The molecule has 2 fully saturated rings. The smallest absolute Gasteiger partial charge is 0.244 e. The minimum Gasteiger partial charge on any atom is -0.337 e. The summed E-state index contributed by atoms with van der Waals surface area (Å²) >= 11 is 1.48. The molecule has 1 aromatic rings. The van der Waals surface area contributed by atoms with Crippen LogP contribution in [0.4, 0.5) is 0 Å². The monoisotopic (exact) mass is 328 g/mol. The summed E-state index contributed by atoms with van der Waals surface area (Å²) in [6.45, 7) is 6.61. The molecule has 0 saturated carbocycles. The van der Waals surface area contributed by atoms with E-state index in [1.165, 1.54) is 15.6 Å². The molecule has 0 aliphatic carbocycles. The standard InChI is InChI=1S/C14H20N2O3S2/c1-9-7-13(11(3)20-9)21(18,19)16-8-12-5-4-6-15(12)14(17)10(16)2/h7,10,12H,4-6,8H2,1-3H3/t10-,12-/m1/s1. The molecule has 0 unspecified atom stereocenters. The van der Waals surface area contributed by atoms with Gasteiger partial charge in [0.25, 0.3) is 0 Å². The second-order valence-corrected chi connectivity index (χ2v) is 9.18. The number of nitrogens with zero attached hydrogens (tertiary/aromatic N) is 2. The Balaban J connectivity index is 1.99. The maximum atomic E-state index is 12.9. The average Bonchev–Trinajstić information content (AvgIpc) is 3.00. The minimum absolute atomic E-state index is 0.0449. The maximum absolute atomic E-state index is 12.9. The van der Waals surface area contributed by atoms with Crippen molar-refractivity contribution in [1.82, 2.24) is 9.21 Å². The number of sulfonamides is 1. The Morgan fingerprint density at radius 1 is 1.33 bits per heavy atom. The number of aryl methyl sites for hydroxylation is 2. The number of hydrogen-bond acceptors (Lipinski definition) is 4. The Bertz CT molecular complexity index is 680. The SMILES string of the molecule is Cc1cc(S(=O)(=O)N2C[C@H]3CCCN3C(=O)[C@H]2C)c(C)s1. The molecule has 0 aromatic carbocycles. The molecule has 0 bridgehead atoms. The molecule has 0 spiro atoms. The van der Waals surface area contributed by atoms with E-state index in [2.05, 4.69) is 0 Å². The lowest BCUT2D eigenvalue weighted by atomic mass is 10.1. The summed E-state index contributed by atoms with van der Waals surface area (Å²) in [6.07, 6.45) is 1.86. The number of thiophene rings is 1. The molecule has 2 aliphatic rings. The first kappa shape index (κ1) is 15.0. The largest absolute Gasteiger partial charge is 0.337 e. The summed E-state index contributed by atoms with van der Waals surface area (Å²) in [5.41, 5.74) is 0. The van der Waals surface area contributed by atoms with E-state index in [9.17, 15) is 13.2 Å². The summed E-state index contributed by atoms with van der Waals surface area (Å²) in [4.78, 5) is 16.4. The van der Waals surface area contributed by atoms with Crippen LogP contribution in [-0.4, -0.2) is 48.7 Å². The van der Waals surface area contributed by atoms with E-state index in [0.29, 0.717) is 11.4 Å². The van der Waals surface area contributed by atoms with Gasteiger partial charge < -0.3 is 4.90 Å². The molecule has 3 rings (SSSR count). The summed E-state index contributed by atoms with van der Waals surface area (Å²) in [5.74, 6) is -0.0584. The summed E-state index contributed by atoms with van der Waals surface area (Å²) < 4.78 is 27.3. The molecule has 21 heavy (non-hydrogen) atoms. The normalized spacial score (nSPS) is 27.2. The molecule has 1 aromatic heterocycles. The number of carbonyl (C=O) groups is 1.